The fourth-order valence-corrected chi connectivity index (χ4v) is 2.29. The minimum Gasteiger partial charge on any atom is -0.323 e. The fourth-order valence-electron chi connectivity index (χ4n) is 1.98. The maximum absolute atomic E-state index is 6.23. The summed E-state index contributed by atoms with van der Waals surface area (Å²) < 4.78 is 0. The number of halogens is 1. The fraction of sp³-hybridized carbons (Fsp3) is 0.308. The van der Waals surface area contributed by atoms with Crippen LogP contribution in [0.1, 0.15) is 24.6 Å². The van der Waals surface area contributed by atoms with Gasteiger partial charge in [0.25, 0.3) is 0 Å². The van der Waals surface area contributed by atoms with Gasteiger partial charge in [0.2, 0.25) is 0 Å². The standard InChI is InChI=1S/C13H16ClN3/c1-3-4-9-7-12(17-15)10-5-8(2)6-11(14)13(10)16-9/h5-7H,3-4,15H2,1-2H3,(H,16,17). The maximum Gasteiger partial charge on any atom is 0.0912 e. The van der Waals surface area contributed by atoms with Crippen LogP contribution in [-0.4, -0.2) is 4.98 Å². The average molecular weight is 250 g/mol. The second kappa shape index (κ2) is 4.90. The molecule has 2 aromatic rings. The number of hydrogen-bond acceptors (Lipinski definition) is 3. The highest BCUT2D eigenvalue weighted by molar-refractivity contribution is 6.35. The molecular weight excluding hydrogens is 234 g/mol. The number of fused-ring (bicyclic) bond motifs is 1. The van der Waals surface area contributed by atoms with E-state index in [4.69, 9.17) is 17.4 Å². The number of nitrogens with zero attached hydrogens (tertiary/aromatic N) is 1. The van der Waals surface area contributed by atoms with Gasteiger partial charge in [-0.2, -0.15) is 0 Å². The Bertz CT molecular complexity index is 552. The summed E-state index contributed by atoms with van der Waals surface area (Å²) in [5.41, 5.74) is 6.53. The molecule has 0 fully saturated rings. The van der Waals surface area contributed by atoms with Crippen LogP contribution in [0.2, 0.25) is 5.02 Å². The molecule has 0 unspecified atom stereocenters. The third-order valence-corrected chi connectivity index (χ3v) is 3.01. The van der Waals surface area contributed by atoms with E-state index >= 15 is 0 Å². The van der Waals surface area contributed by atoms with Crippen LogP contribution in [0, 0.1) is 6.92 Å². The lowest BCUT2D eigenvalue weighted by Gasteiger charge is -2.10. The van der Waals surface area contributed by atoms with Crippen molar-refractivity contribution in [2.45, 2.75) is 26.7 Å². The van der Waals surface area contributed by atoms with E-state index < -0.39 is 0 Å². The lowest BCUT2D eigenvalue weighted by atomic mass is 10.1. The molecule has 0 aliphatic heterocycles. The lowest BCUT2D eigenvalue weighted by molar-refractivity contribution is 0.890. The number of nitrogen functional groups attached to an aromatic ring is 1. The molecule has 0 radical (unpaired) electrons. The zero-order chi connectivity index (χ0) is 12.4. The van der Waals surface area contributed by atoms with E-state index in [9.17, 15) is 0 Å². The van der Waals surface area contributed by atoms with Crippen molar-refractivity contribution in [2.24, 2.45) is 5.84 Å². The van der Waals surface area contributed by atoms with Crippen molar-refractivity contribution in [3.63, 3.8) is 0 Å². The number of aryl methyl sites for hydroxylation is 2. The summed E-state index contributed by atoms with van der Waals surface area (Å²) in [7, 11) is 0. The van der Waals surface area contributed by atoms with Crippen LogP contribution in [-0.2, 0) is 6.42 Å². The van der Waals surface area contributed by atoms with Crippen LogP contribution >= 0.6 is 11.6 Å². The van der Waals surface area contributed by atoms with Crippen LogP contribution in [0.5, 0.6) is 0 Å². The van der Waals surface area contributed by atoms with Crippen molar-refractivity contribution in [3.8, 4) is 0 Å². The first kappa shape index (κ1) is 12.1. The Labute approximate surface area is 106 Å². The quantitative estimate of drug-likeness (QED) is 0.647. The number of nitrogens with two attached hydrogens (primary N) is 1. The number of anilines is 1. The van der Waals surface area contributed by atoms with Crippen molar-refractivity contribution in [1.29, 1.82) is 0 Å². The first-order chi connectivity index (χ1) is 8.15. The topological polar surface area (TPSA) is 50.9 Å². The highest BCUT2D eigenvalue weighted by Crippen LogP contribution is 2.29. The van der Waals surface area contributed by atoms with Gasteiger partial charge in [-0.25, -0.2) is 0 Å². The summed E-state index contributed by atoms with van der Waals surface area (Å²) in [6.45, 7) is 4.13. The third-order valence-electron chi connectivity index (χ3n) is 2.73. The first-order valence-electron chi connectivity index (χ1n) is 5.72. The van der Waals surface area contributed by atoms with Gasteiger partial charge in [-0.05, 0) is 37.1 Å². The van der Waals surface area contributed by atoms with E-state index in [2.05, 4.69) is 17.3 Å². The molecule has 0 aliphatic carbocycles. The Morgan fingerprint density at radius 1 is 1.35 bits per heavy atom. The van der Waals surface area contributed by atoms with Gasteiger partial charge < -0.3 is 5.43 Å². The van der Waals surface area contributed by atoms with Gasteiger partial charge in [0.1, 0.15) is 0 Å². The molecule has 3 nitrogen and oxygen atoms in total. The Hall–Kier alpha value is -1.32. The van der Waals surface area contributed by atoms with E-state index in [1.807, 2.05) is 25.1 Å². The van der Waals surface area contributed by atoms with E-state index in [-0.39, 0.29) is 0 Å². The Morgan fingerprint density at radius 3 is 2.76 bits per heavy atom. The number of nitrogens with one attached hydrogen (secondary N) is 1. The van der Waals surface area contributed by atoms with Gasteiger partial charge >= 0.3 is 0 Å². The Kier molecular flexibility index (Phi) is 3.50. The number of aromatic nitrogens is 1. The summed E-state index contributed by atoms with van der Waals surface area (Å²) in [4.78, 5) is 4.59. The zero-order valence-corrected chi connectivity index (χ0v) is 10.8. The van der Waals surface area contributed by atoms with Crippen LogP contribution in [0.25, 0.3) is 10.9 Å². The maximum atomic E-state index is 6.23. The monoisotopic (exact) mass is 249 g/mol. The molecule has 1 heterocycles. The van der Waals surface area contributed by atoms with Crippen LogP contribution < -0.4 is 11.3 Å². The normalized spacial score (nSPS) is 10.8. The van der Waals surface area contributed by atoms with Crippen molar-refractivity contribution in [1.82, 2.24) is 4.98 Å². The number of benzene rings is 1. The van der Waals surface area contributed by atoms with E-state index in [0.717, 1.165) is 40.7 Å². The Balaban J connectivity index is 2.73. The van der Waals surface area contributed by atoms with Gasteiger partial charge in [0.15, 0.2) is 0 Å². The molecule has 0 bridgehead atoms. The molecule has 2 rings (SSSR count). The number of rotatable bonds is 3. The van der Waals surface area contributed by atoms with Gasteiger partial charge in [0, 0.05) is 11.1 Å². The van der Waals surface area contributed by atoms with Gasteiger partial charge in [-0.1, -0.05) is 24.9 Å². The molecule has 0 amide bonds. The summed E-state index contributed by atoms with van der Waals surface area (Å²) in [6, 6.07) is 5.95. The Morgan fingerprint density at radius 2 is 2.12 bits per heavy atom. The van der Waals surface area contributed by atoms with Crippen molar-refractivity contribution >= 4 is 28.2 Å². The molecule has 0 spiro atoms. The number of hydrogen-bond donors (Lipinski definition) is 2. The molecule has 0 aliphatic rings. The smallest absolute Gasteiger partial charge is 0.0912 e. The van der Waals surface area contributed by atoms with Crippen LogP contribution in [0.3, 0.4) is 0 Å². The molecule has 90 valence electrons. The summed E-state index contributed by atoms with van der Waals surface area (Å²) in [5.74, 6) is 5.56. The summed E-state index contributed by atoms with van der Waals surface area (Å²) in [6.07, 6.45) is 1.97. The number of hydrazine groups is 1. The molecule has 0 atom stereocenters. The van der Waals surface area contributed by atoms with Gasteiger partial charge in [0.05, 0.1) is 16.2 Å². The largest absolute Gasteiger partial charge is 0.323 e. The molecule has 1 aromatic carbocycles. The van der Waals surface area contributed by atoms with Gasteiger partial charge in [-0.3, -0.25) is 10.8 Å². The van der Waals surface area contributed by atoms with Crippen molar-refractivity contribution in [3.05, 3.63) is 34.5 Å². The van der Waals surface area contributed by atoms with E-state index in [1.165, 1.54) is 0 Å². The predicted molar refractivity (Wildman–Crippen MR) is 73.3 cm³/mol. The minimum absolute atomic E-state index is 0.675. The average Bonchev–Trinajstić information content (AvgIpc) is 2.29. The summed E-state index contributed by atoms with van der Waals surface area (Å²) in [5, 5.41) is 1.65. The van der Waals surface area contributed by atoms with Crippen molar-refractivity contribution < 1.29 is 0 Å². The SMILES string of the molecule is CCCc1cc(NN)c2cc(C)cc(Cl)c2n1. The third kappa shape index (κ3) is 2.35. The highest BCUT2D eigenvalue weighted by atomic mass is 35.5. The zero-order valence-electron chi connectivity index (χ0n) is 10.0. The lowest BCUT2D eigenvalue weighted by Crippen LogP contribution is -2.08. The van der Waals surface area contributed by atoms with Crippen LogP contribution in [0.4, 0.5) is 5.69 Å². The summed E-state index contributed by atoms with van der Waals surface area (Å²) >= 11 is 6.23. The van der Waals surface area contributed by atoms with E-state index in [1.54, 1.807) is 0 Å². The second-order valence-electron chi connectivity index (χ2n) is 4.20. The molecular formula is C13H16ClN3. The van der Waals surface area contributed by atoms with Gasteiger partial charge in [-0.15, -0.1) is 0 Å². The second-order valence-corrected chi connectivity index (χ2v) is 4.61. The molecule has 0 saturated carbocycles. The molecule has 1 aromatic heterocycles. The first-order valence-corrected chi connectivity index (χ1v) is 6.10. The number of pyridine rings is 1. The van der Waals surface area contributed by atoms with E-state index in [0.29, 0.717) is 5.02 Å². The predicted octanol–water partition coefficient (Wildman–Crippen LogP) is 3.43. The molecule has 0 saturated heterocycles. The minimum atomic E-state index is 0.675. The highest BCUT2D eigenvalue weighted by Gasteiger charge is 2.08. The molecule has 17 heavy (non-hydrogen) atoms. The van der Waals surface area contributed by atoms with Crippen LogP contribution in [0.15, 0.2) is 18.2 Å². The molecule has 4 heteroatoms. The van der Waals surface area contributed by atoms with Crippen molar-refractivity contribution in [2.75, 3.05) is 5.43 Å². The molecule has 3 N–H and O–H groups in total.